The van der Waals surface area contributed by atoms with Crippen LogP contribution in [0.25, 0.3) is 16.7 Å². The van der Waals surface area contributed by atoms with E-state index in [0.717, 1.165) is 22.5 Å². The summed E-state index contributed by atoms with van der Waals surface area (Å²) in [5, 5.41) is 0.611. The molecule has 0 saturated heterocycles. The zero-order valence-corrected chi connectivity index (χ0v) is 19.1. The molecule has 5 nitrogen and oxygen atoms in total. The Kier molecular flexibility index (Phi) is 5.77. The molecule has 0 radical (unpaired) electrons. The summed E-state index contributed by atoms with van der Waals surface area (Å²) in [7, 11) is -3.31. The molecule has 0 atom stereocenters. The van der Waals surface area contributed by atoms with Gasteiger partial charge in [0.1, 0.15) is 22.8 Å². The molecule has 0 saturated carbocycles. The van der Waals surface area contributed by atoms with Gasteiger partial charge in [0, 0.05) is 12.0 Å². The first-order valence-electron chi connectivity index (χ1n) is 10.1. The molecule has 0 aliphatic carbocycles. The summed E-state index contributed by atoms with van der Waals surface area (Å²) in [6.45, 7) is 5.80. The van der Waals surface area contributed by atoms with E-state index in [-0.39, 0.29) is 16.6 Å². The maximum absolute atomic E-state index is 12.2. The van der Waals surface area contributed by atoms with Crippen LogP contribution in [0, 0.1) is 0 Å². The first-order valence-corrected chi connectivity index (χ1v) is 12.1. The highest BCUT2D eigenvalue weighted by atomic mass is 35.5. The van der Waals surface area contributed by atoms with E-state index in [9.17, 15) is 8.42 Å². The van der Waals surface area contributed by atoms with Crippen molar-refractivity contribution in [1.82, 2.24) is 9.55 Å². The normalized spacial score (nSPS) is 11.9. The Bertz CT molecular complexity index is 1360. The van der Waals surface area contributed by atoms with Crippen molar-refractivity contribution in [3.8, 4) is 17.2 Å². The number of benzene rings is 3. The number of hydrogen-bond acceptors (Lipinski definition) is 4. The molecule has 1 heterocycles. The Labute approximate surface area is 187 Å². The third kappa shape index (κ3) is 4.18. The molecule has 0 fully saturated rings. The molecule has 0 unspecified atom stereocenters. The summed E-state index contributed by atoms with van der Waals surface area (Å²) >= 11 is 6.39. The lowest BCUT2D eigenvalue weighted by Crippen LogP contribution is -2.04. The molecule has 0 amide bonds. The van der Waals surface area contributed by atoms with Gasteiger partial charge in [-0.3, -0.25) is 4.57 Å². The molecule has 4 aromatic rings. The van der Waals surface area contributed by atoms with E-state index in [2.05, 4.69) is 18.4 Å². The van der Waals surface area contributed by atoms with Gasteiger partial charge in [0.25, 0.3) is 0 Å². The molecule has 7 heteroatoms. The van der Waals surface area contributed by atoms with Crippen molar-refractivity contribution in [2.24, 2.45) is 0 Å². The molecule has 31 heavy (non-hydrogen) atoms. The minimum atomic E-state index is -3.31. The van der Waals surface area contributed by atoms with Crippen molar-refractivity contribution in [3.05, 3.63) is 77.6 Å². The van der Waals surface area contributed by atoms with Gasteiger partial charge in [-0.25, -0.2) is 13.4 Å². The predicted octanol–water partition coefficient (Wildman–Crippen LogP) is 6.39. The SMILES string of the molecule is CCS(=O)(=O)c1cccc(Oc2cccc(-n3c(C(C)C)nc4c(Cl)cccc43)c2)c1. The Hall–Kier alpha value is -2.83. The van der Waals surface area contributed by atoms with E-state index in [1.807, 2.05) is 42.5 Å². The Balaban J connectivity index is 1.77. The number of halogens is 1. The van der Waals surface area contributed by atoms with Crippen LogP contribution in [0.2, 0.25) is 5.02 Å². The lowest BCUT2D eigenvalue weighted by atomic mass is 10.2. The van der Waals surface area contributed by atoms with Gasteiger partial charge in [-0.1, -0.05) is 50.6 Å². The van der Waals surface area contributed by atoms with Gasteiger partial charge in [-0.05, 0) is 42.5 Å². The minimum Gasteiger partial charge on any atom is -0.457 e. The van der Waals surface area contributed by atoms with E-state index in [4.69, 9.17) is 21.3 Å². The van der Waals surface area contributed by atoms with E-state index in [1.54, 1.807) is 31.2 Å². The number of para-hydroxylation sites is 1. The zero-order chi connectivity index (χ0) is 22.2. The molecule has 0 aliphatic heterocycles. The highest BCUT2D eigenvalue weighted by Crippen LogP contribution is 2.32. The third-order valence-corrected chi connectivity index (χ3v) is 7.07. The summed E-state index contributed by atoms with van der Waals surface area (Å²) in [5.74, 6) is 2.19. The molecule has 0 aliphatic rings. The summed E-state index contributed by atoms with van der Waals surface area (Å²) in [5.41, 5.74) is 2.57. The van der Waals surface area contributed by atoms with Crippen LogP contribution in [0.5, 0.6) is 11.5 Å². The maximum atomic E-state index is 12.2. The van der Waals surface area contributed by atoms with Crippen LogP contribution in [0.4, 0.5) is 0 Å². The van der Waals surface area contributed by atoms with E-state index >= 15 is 0 Å². The second kappa shape index (κ2) is 8.36. The number of imidazole rings is 1. The largest absolute Gasteiger partial charge is 0.457 e. The monoisotopic (exact) mass is 454 g/mol. The van der Waals surface area contributed by atoms with Gasteiger partial charge in [0.15, 0.2) is 9.84 Å². The van der Waals surface area contributed by atoms with E-state index < -0.39 is 9.84 Å². The van der Waals surface area contributed by atoms with Crippen molar-refractivity contribution in [3.63, 3.8) is 0 Å². The fourth-order valence-corrected chi connectivity index (χ4v) is 4.59. The van der Waals surface area contributed by atoms with Crippen molar-refractivity contribution >= 4 is 32.5 Å². The van der Waals surface area contributed by atoms with Crippen LogP contribution in [0.3, 0.4) is 0 Å². The fraction of sp³-hybridized carbons (Fsp3) is 0.208. The zero-order valence-electron chi connectivity index (χ0n) is 17.5. The van der Waals surface area contributed by atoms with Crippen LogP contribution in [0.15, 0.2) is 71.6 Å². The smallest absolute Gasteiger partial charge is 0.178 e. The van der Waals surface area contributed by atoms with Crippen LogP contribution >= 0.6 is 11.6 Å². The topological polar surface area (TPSA) is 61.2 Å². The van der Waals surface area contributed by atoms with Gasteiger partial charge in [0.05, 0.1) is 26.9 Å². The van der Waals surface area contributed by atoms with E-state index in [1.165, 1.54) is 0 Å². The number of aromatic nitrogens is 2. The van der Waals surface area contributed by atoms with Crippen LogP contribution in [-0.4, -0.2) is 23.7 Å². The number of hydrogen-bond donors (Lipinski definition) is 0. The molecule has 1 aromatic heterocycles. The van der Waals surface area contributed by atoms with E-state index in [0.29, 0.717) is 16.5 Å². The highest BCUT2D eigenvalue weighted by molar-refractivity contribution is 7.91. The standard InChI is InChI=1S/C24H23ClN2O3S/c1-4-31(28,29)20-11-6-10-19(15-20)30-18-9-5-8-17(14-18)27-22-13-7-12-21(25)23(22)26-24(27)16(2)3/h5-16H,4H2,1-3H3. The number of rotatable bonds is 6. The Morgan fingerprint density at radius 1 is 1.00 bits per heavy atom. The molecule has 3 aromatic carbocycles. The van der Waals surface area contributed by atoms with Crippen molar-refractivity contribution in [1.29, 1.82) is 0 Å². The quantitative estimate of drug-likeness (QED) is 0.338. The number of nitrogens with zero attached hydrogens (tertiary/aromatic N) is 2. The van der Waals surface area contributed by atoms with Gasteiger partial charge in [-0.15, -0.1) is 0 Å². The summed E-state index contributed by atoms with van der Waals surface area (Å²) in [6, 6.07) is 19.9. The lowest BCUT2D eigenvalue weighted by molar-refractivity contribution is 0.480. The highest BCUT2D eigenvalue weighted by Gasteiger charge is 2.17. The molecule has 0 bridgehead atoms. The average molecular weight is 455 g/mol. The summed E-state index contributed by atoms with van der Waals surface area (Å²) < 4.78 is 32.5. The third-order valence-electron chi connectivity index (χ3n) is 5.03. The van der Waals surface area contributed by atoms with Gasteiger partial charge in [-0.2, -0.15) is 0 Å². The maximum Gasteiger partial charge on any atom is 0.178 e. The predicted molar refractivity (Wildman–Crippen MR) is 124 cm³/mol. The van der Waals surface area contributed by atoms with Gasteiger partial charge in [0.2, 0.25) is 0 Å². The molecular formula is C24H23ClN2O3S. The molecule has 0 spiro atoms. The van der Waals surface area contributed by atoms with Crippen LogP contribution in [0.1, 0.15) is 32.5 Å². The van der Waals surface area contributed by atoms with Crippen LogP contribution < -0.4 is 4.74 Å². The van der Waals surface area contributed by atoms with Crippen LogP contribution in [-0.2, 0) is 9.84 Å². The summed E-state index contributed by atoms with van der Waals surface area (Å²) in [4.78, 5) is 5.02. The van der Waals surface area contributed by atoms with Crippen molar-refractivity contribution in [2.75, 3.05) is 5.75 Å². The van der Waals surface area contributed by atoms with Gasteiger partial charge >= 0.3 is 0 Å². The number of ether oxygens (including phenoxy) is 1. The first kappa shape index (κ1) is 21.4. The van der Waals surface area contributed by atoms with Crippen molar-refractivity contribution in [2.45, 2.75) is 31.6 Å². The Morgan fingerprint density at radius 2 is 1.68 bits per heavy atom. The summed E-state index contributed by atoms with van der Waals surface area (Å²) in [6.07, 6.45) is 0. The second-order valence-electron chi connectivity index (χ2n) is 7.55. The first-order chi connectivity index (χ1) is 14.8. The molecule has 4 rings (SSSR count). The number of sulfone groups is 1. The molecular weight excluding hydrogens is 432 g/mol. The van der Waals surface area contributed by atoms with Crippen molar-refractivity contribution < 1.29 is 13.2 Å². The fourth-order valence-electron chi connectivity index (χ4n) is 3.46. The number of fused-ring (bicyclic) bond motifs is 1. The second-order valence-corrected chi connectivity index (χ2v) is 10.2. The lowest BCUT2D eigenvalue weighted by Gasteiger charge is -2.14. The minimum absolute atomic E-state index is 0.0418. The molecule has 0 N–H and O–H groups in total. The Morgan fingerprint density at radius 3 is 2.39 bits per heavy atom. The van der Waals surface area contributed by atoms with Gasteiger partial charge < -0.3 is 4.74 Å². The molecule has 160 valence electrons. The average Bonchev–Trinajstić information content (AvgIpc) is 3.15.